The average molecular weight is 260 g/mol. The van der Waals surface area contributed by atoms with E-state index in [9.17, 15) is 0 Å². The highest BCUT2D eigenvalue weighted by molar-refractivity contribution is 5.31. The van der Waals surface area contributed by atoms with E-state index in [0.717, 1.165) is 5.69 Å². The van der Waals surface area contributed by atoms with Gasteiger partial charge in [-0.3, -0.25) is 4.98 Å². The Kier molecular flexibility index (Phi) is 4.25. The van der Waals surface area contributed by atoms with Crippen molar-refractivity contribution in [2.75, 3.05) is 21.3 Å². The van der Waals surface area contributed by atoms with Gasteiger partial charge in [0.2, 0.25) is 11.8 Å². The molecule has 0 saturated carbocycles. The number of rotatable bonds is 5. The van der Waals surface area contributed by atoms with Crippen molar-refractivity contribution in [3.05, 3.63) is 42.0 Å². The van der Waals surface area contributed by atoms with E-state index in [-0.39, 0.29) is 6.04 Å². The van der Waals surface area contributed by atoms with Crippen molar-refractivity contribution >= 4 is 0 Å². The van der Waals surface area contributed by atoms with Crippen LogP contribution in [0.3, 0.4) is 0 Å². The highest BCUT2D eigenvalue weighted by Crippen LogP contribution is 2.26. The van der Waals surface area contributed by atoms with Crippen LogP contribution in [0.25, 0.3) is 0 Å². The number of hydrogen-bond acceptors (Lipinski definition) is 6. The zero-order valence-electron chi connectivity index (χ0n) is 11.1. The lowest BCUT2D eigenvalue weighted by Gasteiger charge is -2.17. The molecule has 0 amide bonds. The molecule has 1 unspecified atom stereocenters. The summed E-state index contributed by atoms with van der Waals surface area (Å²) >= 11 is 0. The Balaban J connectivity index is 2.43. The van der Waals surface area contributed by atoms with Crippen LogP contribution < -0.4 is 14.8 Å². The maximum absolute atomic E-state index is 5.27. The molecule has 100 valence electrons. The standard InChI is InChI=1S/C13H16N4O2/c1-14-11(9-6-4-5-7-15-9)12-13(19-3)17-10(18-2)8-16-12/h4-8,11,14H,1-3H3. The van der Waals surface area contributed by atoms with Crippen LogP contribution >= 0.6 is 0 Å². The van der Waals surface area contributed by atoms with Gasteiger partial charge in [-0.05, 0) is 19.2 Å². The van der Waals surface area contributed by atoms with E-state index in [0.29, 0.717) is 17.5 Å². The van der Waals surface area contributed by atoms with E-state index in [1.54, 1.807) is 19.5 Å². The molecule has 2 heterocycles. The van der Waals surface area contributed by atoms with Crippen molar-refractivity contribution in [1.82, 2.24) is 20.3 Å². The van der Waals surface area contributed by atoms with Crippen LogP contribution in [0.15, 0.2) is 30.6 Å². The Morgan fingerprint density at radius 3 is 2.58 bits per heavy atom. The minimum atomic E-state index is -0.186. The van der Waals surface area contributed by atoms with E-state index in [4.69, 9.17) is 9.47 Å². The maximum Gasteiger partial charge on any atom is 0.240 e. The largest absolute Gasteiger partial charge is 0.480 e. The van der Waals surface area contributed by atoms with Crippen LogP contribution in [-0.2, 0) is 0 Å². The van der Waals surface area contributed by atoms with Crippen molar-refractivity contribution < 1.29 is 9.47 Å². The fourth-order valence-corrected chi connectivity index (χ4v) is 1.78. The molecule has 0 aromatic carbocycles. The van der Waals surface area contributed by atoms with Gasteiger partial charge in [0.15, 0.2) is 0 Å². The second-order valence-electron chi connectivity index (χ2n) is 3.78. The molecule has 0 bridgehead atoms. The number of nitrogens with one attached hydrogen (secondary N) is 1. The summed E-state index contributed by atoms with van der Waals surface area (Å²) in [5.74, 6) is 0.834. The van der Waals surface area contributed by atoms with Gasteiger partial charge in [0.1, 0.15) is 5.69 Å². The minimum Gasteiger partial charge on any atom is -0.480 e. The van der Waals surface area contributed by atoms with Crippen LogP contribution in [0, 0.1) is 0 Å². The third-order valence-corrected chi connectivity index (χ3v) is 2.69. The van der Waals surface area contributed by atoms with Crippen molar-refractivity contribution in [3.63, 3.8) is 0 Å². The second kappa shape index (κ2) is 6.10. The van der Waals surface area contributed by atoms with E-state index in [1.807, 2.05) is 25.2 Å². The van der Waals surface area contributed by atoms with E-state index < -0.39 is 0 Å². The quantitative estimate of drug-likeness (QED) is 0.871. The molecule has 1 atom stereocenters. The van der Waals surface area contributed by atoms with Gasteiger partial charge >= 0.3 is 0 Å². The molecule has 2 aromatic heterocycles. The monoisotopic (exact) mass is 260 g/mol. The lowest BCUT2D eigenvalue weighted by molar-refractivity contribution is 0.353. The molecule has 6 nitrogen and oxygen atoms in total. The molecule has 2 aromatic rings. The summed E-state index contributed by atoms with van der Waals surface area (Å²) in [6.45, 7) is 0. The maximum atomic E-state index is 5.27. The Hall–Kier alpha value is -2.21. The van der Waals surface area contributed by atoms with Crippen molar-refractivity contribution in [1.29, 1.82) is 0 Å². The molecule has 0 aliphatic carbocycles. The fraction of sp³-hybridized carbons (Fsp3) is 0.308. The fourth-order valence-electron chi connectivity index (χ4n) is 1.78. The molecule has 6 heteroatoms. The molecule has 0 spiro atoms. The van der Waals surface area contributed by atoms with Gasteiger partial charge in [-0.25, -0.2) is 4.98 Å². The van der Waals surface area contributed by atoms with E-state index in [1.165, 1.54) is 7.11 Å². The third kappa shape index (κ3) is 2.79. The Morgan fingerprint density at radius 1 is 1.16 bits per heavy atom. The number of nitrogens with zero attached hydrogens (tertiary/aromatic N) is 3. The normalized spacial score (nSPS) is 11.9. The third-order valence-electron chi connectivity index (χ3n) is 2.69. The molecule has 0 saturated heterocycles. The summed E-state index contributed by atoms with van der Waals surface area (Å²) in [6, 6.07) is 5.53. The lowest BCUT2D eigenvalue weighted by Crippen LogP contribution is -2.21. The Morgan fingerprint density at radius 2 is 2.00 bits per heavy atom. The van der Waals surface area contributed by atoms with Gasteiger partial charge in [-0.15, -0.1) is 0 Å². The molecule has 0 fully saturated rings. The van der Waals surface area contributed by atoms with E-state index >= 15 is 0 Å². The molecule has 0 aliphatic heterocycles. The van der Waals surface area contributed by atoms with Crippen LogP contribution in [-0.4, -0.2) is 36.2 Å². The number of pyridine rings is 1. The topological polar surface area (TPSA) is 69.2 Å². The van der Waals surface area contributed by atoms with Crippen molar-refractivity contribution in [2.45, 2.75) is 6.04 Å². The SMILES string of the molecule is CNC(c1ccccn1)c1ncc(OC)nc1OC. The smallest absolute Gasteiger partial charge is 0.240 e. The molecule has 2 rings (SSSR count). The molecule has 0 aliphatic rings. The lowest BCUT2D eigenvalue weighted by atomic mass is 10.1. The molecule has 1 N–H and O–H groups in total. The summed E-state index contributed by atoms with van der Waals surface area (Å²) in [7, 11) is 4.93. The molecular weight excluding hydrogens is 244 g/mol. The highest BCUT2D eigenvalue weighted by Gasteiger charge is 2.21. The predicted octanol–water partition coefficient (Wildman–Crippen LogP) is 1.20. The first-order valence-corrected chi connectivity index (χ1v) is 5.83. The zero-order valence-corrected chi connectivity index (χ0v) is 11.1. The Labute approximate surface area is 111 Å². The van der Waals surface area contributed by atoms with Crippen LogP contribution in [0.4, 0.5) is 0 Å². The van der Waals surface area contributed by atoms with Crippen LogP contribution in [0.5, 0.6) is 11.8 Å². The summed E-state index contributed by atoms with van der Waals surface area (Å²) in [4.78, 5) is 12.9. The van der Waals surface area contributed by atoms with Gasteiger partial charge < -0.3 is 14.8 Å². The first-order chi connectivity index (χ1) is 9.30. The number of aromatic nitrogens is 3. The molecule has 0 radical (unpaired) electrons. The van der Waals surface area contributed by atoms with E-state index in [2.05, 4.69) is 20.3 Å². The zero-order chi connectivity index (χ0) is 13.7. The van der Waals surface area contributed by atoms with Crippen molar-refractivity contribution in [2.24, 2.45) is 0 Å². The van der Waals surface area contributed by atoms with Crippen LogP contribution in [0.2, 0.25) is 0 Å². The second-order valence-corrected chi connectivity index (χ2v) is 3.78. The number of ether oxygens (including phenoxy) is 2. The van der Waals surface area contributed by atoms with Gasteiger partial charge in [-0.1, -0.05) is 6.07 Å². The Bertz CT molecular complexity index is 533. The van der Waals surface area contributed by atoms with Crippen molar-refractivity contribution in [3.8, 4) is 11.8 Å². The van der Waals surface area contributed by atoms with Gasteiger partial charge in [0.25, 0.3) is 0 Å². The highest BCUT2D eigenvalue weighted by atomic mass is 16.5. The summed E-state index contributed by atoms with van der Waals surface area (Å²) in [5, 5.41) is 3.16. The van der Waals surface area contributed by atoms with Gasteiger partial charge in [-0.2, -0.15) is 4.98 Å². The first-order valence-electron chi connectivity index (χ1n) is 5.83. The first kappa shape index (κ1) is 13.2. The van der Waals surface area contributed by atoms with Gasteiger partial charge in [0, 0.05) is 6.20 Å². The predicted molar refractivity (Wildman–Crippen MR) is 70.3 cm³/mol. The molecular formula is C13H16N4O2. The van der Waals surface area contributed by atoms with Gasteiger partial charge in [0.05, 0.1) is 32.2 Å². The summed E-state index contributed by atoms with van der Waals surface area (Å²) in [5.41, 5.74) is 1.52. The van der Waals surface area contributed by atoms with Crippen LogP contribution in [0.1, 0.15) is 17.4 Å². The average Bonchev–Trinajstić information content (AvgIpc) is 2.49. The minimum absolute atomic E-state index is 0.186. The number of hydrogen-bond donors (Lipinski definition) is 1. The summed E-state index contributed by atoms with van der Waals surface area (Å²) < 4.78 is 10.3. The molecule has 19 heavy (non-hydrogen) atoms. The number of methoxy groups -OCH3 is 2. The summed E-state index contributed by atoms with van der Waals surface area (Å²) in [6.07, 6.45) is 3.30.